The fraction of sp³-hybridized carbons (Fsp3) is 0.636. The molecule has 8 heteroatoms. The number of rotatable bonds is 4. The molecule has 0 aliphatic carbocycles. The average Bonchev–Trinajstić information content (AvgIpc) is 2.61. The van der Waals surface area contributed by atoms with E-state index in [9.17, 15) is 9.59 Å². The van der Waals surface area contributed by atoms with Crippen LogP contribution in [0.5, 0.6) is 0 Å². The predicted molar refractivity (Wildman–Crippen MR) is 65.5 cm³/mol. The first-order valence-electron chi connectivity index (χ1n) is 5.80. The summed E-state index contributed by atoms with van der Waals surface area (Å²) in [6.45, 7) is 6.96. The predicted octanol–water partition coefficient (Wildman–Crippen LogP) is 1.02. The van der Waals surface area contributed by atoms with Gasteiger partial charge in [-0.25, -0.2) is 9.78 Å². The Morgan fingerprint density at radius 3 is 2.63 bits per heavy atom. The van der Waals surface area contributed by atoms with Crippen molar-refractivity contribution in [3.8, 4) is 0 Å². The third kappa shape index (κ3) is 5.36. The molecule has 0 aliphatic rings. The van der Waals surface area contributed by atoms with Crippen LogP contribution >= 0.6 is 0 Å². The van der Waals surface area contributed by atoms with Crippen molar-refractivity contribution in [1.29, 1.82) is 0 Å². The topological polar surface area (TPSA) is 117 Å². The molecule has 0 aromatic carbocycles. The number of carbonyl (C=O) groups is 2. The van der Waals surface area contributed by atoms with Crippen molar-refractivity contribution in [3.05, 3.63) is 11.6 Å². The molecule has 0 bridgehead atoms. The lowest BCUT2D eigenvalue weighted by atomic mass is 10.2. The molecule has 0 spiro atoms. The largest absolute Gasteiger partial charge is 0.481 e. The van der Waals surface area contributed by atoms with Gasteiger partial charge in [0.2, 0.25) is 0 Å². The Bertz CT molecular complexity index is 464. The fourth-order valence-electron chi connectivity index (χ4n) is 1.27. The van der Waals surface area contributed by atoms with Crippen molar-refractivity contribution in [3.63, 3.8) is 0 Å². The minimum Gasteiger partial charge on any atom is -0.481 e. The van der Waals surface area contributed by atoms with Gasteiger partial charge in [0, 0.05) is 0 Å². The average molecular weight is 270 g/mol. The van der Waals surface area contributed by atoms with E-state index in [4.69, 9.17) is 9.84 Å². The van der Waals surface area contributed by atoms with E-state index >= 15 is 0 Å². The van der Waals surface area contributed by atoms with Gasteiger partial charge >= 0.3 is 12.1 Å². The minimum atomic E-state index is -1.00. The molecule has 1 heterocycles. The normalized spacial score (nSPS) is 12.8. The molecule has 8 nitrogen and oxygen atoms in total. The molecule has 1 unspecified atom stereocenters. The molecule has 0 fully saturated rings. The number of hydrogen-bond acceptors (Lipinski definition) is 5. The van der Waals surface area contributed by atoms with Gasteiger partial charge in [0.05, 0.1) is 6.04 Å². The maximum absolute atomic E-state index is 11.5. The van der Waals surface area contributed by atoms with Gasteiger partial charge in [0.25, 0.3) is 0 Å². The number of carboxylic acid groups (broad SMARTS) is 1. The van der Waals surface area contributed by atoms with Crippen LogP contribution in [-0.4, -0.2) is 38.0 Å². The lowest BCUT2D eigenvalue weighted by molar-refractivity contribution is -0.136. The highest BCUT2D eigenvalue weighted by molar-refractivity contribution is 5.69. The summed E-state index contributed by atoms with van der Waals surface area (Å²) in [6, 6.07) is -0.478. The van der Waals surface area contributed by atoms with Crippen LogP contribution in [0.25, 0.3) is 0 Å². The Hall–Kier alpha value is -2.12. The number of aromatic amines is 1. The van der Waals surface area contributed by atoms with E-state index in [0.29, 0.717) is 5.82 Å². The Kier molecular flexibility index (Phi) is 4.47. The van der Waals surface area contributed by atoms with E-state index in [0.717, 1.165) is 0 Å². The summed E-state index contributed by atoms with van der Waals surface area (Å²) in [5, 5.41) is 17.5. The number of hydrogen-bond donors (Lipinski definition) is 3. The highest BCUT2D eigenvalue weighted by Crippen LogP contribution is 2.10. The van der Waals surface area contributed by atoms with Crippen molar-refractivity contribution in [2.45, 2.75) is 45.8 Å². The number of nitrogens with one attached hydrogen (secondary N) is 2. The second-order valence-electron chi connectivity index (χ2n) is 5.08. The van der Waals surface area contributed by atoms with Gasteiger partial charge in [-0.2, -0.15) is 5.10 Å². The maximum Gasteiger partial charge on any atom is 0.408 e. The summed E-state index contributed by atoms with van der Waals surface area (Å²) >= 11 is 0. The molecule has 1 aromatic heterocycles. The summed E-state index contributed by atoms with van der Waals surface area (Å²) in [5.41, 5.74) is -0.586. The first kappa shape index (κ1) is 14.9. The minimum absolute atomic E-state index is 0.236. The summed E-state index contributed by atoms with van der Waals surface area (Å²) in [5.74, 6) is -0.460. The molecule has 3 N–H and O–H groups in total. The molecular weight excluding hydrogens is 252 g/mol. The Morgan fingerprint density at radius 1 is 1.47 bits per heavy atom. The molecular formula is C11H18N4O4. The van der Waals surface area contributed by atoms with Crippen LogP contribution in [0, 0.1) is 0 Å². The number of amides is 1. The van der Waals surface area contributed by atoms with Crippen molar-refractivity contribution in [2.75, 3.05) is 0 Å². The highest BCUT2D eigenvalue weighted by atomic mass is 16.6. The van der Waals surface area contributed by atoms with Crippen LogP contribution in [0.15, 0.2) is 0 Å². The van der Waals surface area contributed by atoms with E-state index < -0.39 is 23.7 Å². The number of aromatic nitrogens is 3. The number of carbonyl (C=O) groups excluding carboxylic acids is 1. The molecule has 0 aliphatic heterocycles. The molecule has 0 saturated heterocycles. The number of alkyl carbamates (subject to hydrolysis) is 1. The van der Waals surface area contributed by atoms with E-state index in [2.05, 4.69) is 20.5 Å². The monoisotopic (exact) mass is 270 g/mol. The Balaban J connectivity index is 2.58. The van der Waals surface area contributed by atoms with Crippen LogP contribution < -0.4 is 5.32 Å². The zero-order valence-electron chi connectivity index (χ0n) is 11.4. The standard InChI is InChI=1S/C11H18N4O4/c1-6(12-10(18)19-11(2,3)4)9-13-7(14-15-9)5-8(16)17/h6H,5H2,1-4H3,(H,12,18)(H,16,17)(H,13,14,15). The van der Waals surface area contributed by atoms with Crippen molar-refractivity contribution in [1.82, 2.24) is 20.5 Å². The molecule has 106 valence electrons. The van der Waals surface area contributed by atoms with E-state index in [1.165, 1.54) is 0 Å². The van der Waals surface area contributed by atoms with Gasteiger partial charge in [0.1, 0.15) is 17.8 Å². The molecule has 0 saturated carbocycles. The number of ether oxygens (including phenoxy) is 1. The first-order chi connectivity index (χ1) is 8.67. The molecule has 1 rings (SSSR count). The number of carboxylic acids is 1. The lowest BCUT2D eigenvalue weighted by Gasteiger charge is -2.21. The van der Waals surface area contributed by atoms with Crippen LogP contribution in [-0.2, 0) is 16.0 Å². The first-order valence-corrected chi connectivity index (χ1v) is 5.80. The Labute approximate surface area is 110 Å². The SMILES string of the molecule is CC(NC(=O)OC(C)(C)C)c1n[nH]c(CC(=O)O)n1. The third-order valence-electron chi connectivity index (χ3n) is 1.99. The smallest absolute Gasteiger partial charge is 0.408 e. The maximum atomic E-state index is 11.5. The summed E-state index contributed by atoms with van der Waals surface area (Å²) in [6.07, 6.45) is -0.823. The lowest BCUT2D eigenvalue weighted by Crippen LogP contribution is -2.34. The molecule has 1 amide bonds. The van der Waals surface area contributed by atoms with Gasteiger partial charge in [0.15, 0.2) is 5.82 Å². The van der Waals surface area contributed by atoms with Crippen LogP contribution in [0.4, 0.5) is 4.79 Å². The zero-order valence-corrected chi connectivity index (χ0v) is 11.4. The van der Waals surface area contributed by atoms with Gasteiger partial charge in [-0.1, -0.05) is 0 Å². The zero-order chi connectivity index (χ0) is 14.6. The highest BCUT2D eigenvalue weighted by Gasteiger charge is 2.20. The van der Waals surface area contributed by atoms with E-state index in [1.807, 2.05) is 0 Å². The van der Waals surface area contributed by atoms with Gasteiger partial charge in [-0.05, 0) is 27.7 Å². The number of aliphatic carboxylic acids is 1. The molecule has 1 aromatic rings. The summed E-state index contributed by atoms with van der Waals surface area (Å²) in [4.78, 5) is 26.0. The summed E-state index contributed by atoms with van der Waals surface area (Å²) < 4.78 is 5.09. The molecule has 19 heavy (non-hydrogen) atoms. The number of H-pyrrole nitrogens is 1. The van der Waals surface area contributed by atoms with E-state index in [1.54, 1.807) is 27.7 Å². The van der Waals surface area contributed by atoms with Gasteiger partial charge in [-0.15, -0.1) is 0 Å². The van der Waals surface area contributed by atoms with E-state index in [-0.39, 0.29) is 12.2 Å². The third-order valence-corrected chi connectivity index (χ3v) is 1.99. The van der Waals surface area contributed by atoms with Crippen LogP contribution in [0.3, 0.4) is 0 Å². The van der Waals surface area contributed by atoms with Crippen LogP contribution in [0.2, 0.25) is 0 Å². The Morgan fingerprint density at radius 2 is 2.11 bits per heavy atom. The van der Waals surface area contributed by atoms with Gasteiger partial charge in [-0.3, -0.25) is 9.89 Å². The second-order valence-corrected chi connectivity index (χ2v) is 5.08. The summed E-state index contributed by atoms with van der Waals surface area (Å²) in [7, 11) is 0. The van der Waals surface area contributed by atoms with Crippen molar-refractivity contribution >= 4 is 12.1 Å². The van der Waals surface area contributed by atoms with Crippen LogP contribution in [0.1, 0.15) is 45.4 Å². The second kappa shape index (κ2) is 5.68. The molecule has 1 atom stereocenters. The van der Waals surface area contributed by atoms with Crippen molar-refractivity contribution in [2.24, 2.45) is 0 Å². The molecule has 0 radical (unpaired) electrons. The van der Waals surface area contributed by atoms with Gasteiger partial charge < -0.3 is 15.2 Å². The number of nitrogens with zero attached hydrogens (tertiary/aromatic N) is 2. The van der Waals surface area contributed by atoms with Crippen molar-refractivity contribution < 1.29 is 19.4 Å². The quantitative estimate of drug-likeness (QED) is 0.751. The fourth-order valence-corrected chi connectivity index (χ4v) is 1.27.